The van der Waals surface area contributed by atoms with E-state index in [4.69, 9.17) is 5.11 Å². The fraction of sp³-hybridized carbons (Fsp3) is 0.769. The molecule has 0 aliphatic heterocycles. The third-order valence-electron chi connectivity index (χ3n) is 2.57. The standard InChI is InChI=1S/C13H22O3/c14-12-10-8-6-4-2-1-3-5-7-9-11-13(15)16/h10H,1-9,11H2,(H,15,16). The molecular weight excluding hydrogens is 204 g/mol. The van der Waals surface area contributed by atoms with Crippen molar-refractivity contribution in [2.24, 2.45) is 0 Å². The van der Waals surface area contributed by atoms with E-state index in [2.05, 4.69) is 0 Å². The molecule has 0 radical (unpaired) electrons. The maximum atomic E-state index is 10.2. The summed E-state index contributed by atoms with van der Waals surface area (Å²) in [6.07, 6.45) is 11.6. The van der Waals surface area contributed by atoms with Crippen molar-refractivity contribution in [3.05, 3.63) is 6.08 Å². The quantitative estimate of drug-likeness (QED) is 0.434. The van der Waals surface area contributed by atoms with Crippen LogP contribution in [0.4, 0.5) is 0 Å². The second-order valence-electron chi connectivity index (χ2n) is 4.08. The molecule has 0 aliphatic rings. The van der Waals surface area contributed by atoms with Gasteiger partial charge in [-0.15, -0.1) is 0 Å². The van der Waals surface area contributed by atoms with Gasteiger partial charge >= 0.3 is 5.97 Å². The molecule has 0 atom stereocenters. The molecule has 1 N–H and O–H groups in total. The van der Waals surface area contributed by atoms with E-state index in [9.17, 15) is 9.59 Å². The lowest BCUT2D eigenvalue weighted by Gasteiger charge is -2.00. The van der Waals surface area contributed by atoms with Gasteiger partial charge in [-0.2, -0.15) is 0 Å². The lowest BCUT2D eigenvalue weighted by Crippen LogP contribution is -1.93. The number of carboxylic acids is 1. The van der Waals surface area contributed by atoms with Crippen molar-refractivity contribution in [2.45, 2.75) is 64.2 Å². The maximum Gasteiger partial charge on any atom is 0.303 e. The summed E-state index contributed by atoms with van der Waals surface area (Å²) in [5.74, 6) is 1.09. The van der Waals surface area contributed by atoms with Crippen LogP contribution in [0.25, 0.3) is 0 Å². The Morgan fingerprint density at radius 1 is 0.938 bits per heavy atom. The van der Waals surface area contributed by atoms with Crippen molar-refractivity contribution < 1.29 is 14.7 Å². The predicted octanol–water partition coefficient (Wildman–Crippen LogP) is 3.36. The molecule has 0 saturated carbocycles. The summed E-state index contributed by atoms with van der Waals surface area (Å²) in [5.41, 5.74) is 0. The second kappa shape index (κ2) is 12.0. The maximum absolute atomic E-state index is 10.2. The predicted molar refractivity (Wildman–Crippen MR) is 64.1 cm³/mol. The van der Waals surface area contributed by atoms with Crippen LogP contribution in [0.5, 0.6) is 0 Å². The molecular formula is C13H22O3. The Morgan fingerprint density at radius 3 is 1.94 bits per heavy atom. The Morgan fingerprint density at radius 2 is 1.44 bits per heavy atom. The average molecular weight is 226 g/mol. The zero-order valence-corrected chi connectivity index (χ0v) is 9.91. The van der Waals surface area contributed by atoms with Gasteiger partial charge in [-0.25, -0.2) is 4.79 Å². The van der Waals surface area contributed by atoms with Gasteiger partial charge in [0, 0.05) is 6.42 Å². The molecule has 0 spiro atoms. The van der Waals surface area contributed by atoms with Crippen LogP contribution in [0.1, 0.15) is 64.2 Å². The molecule has 0 rings (SSSR count). The number of carbonyl (C=O) groups excluding carboxylic acids is 1. The molecule has 0 bridgehead atoms. The minimum atomic E-state index is -0.691. The third-order valence-corrected chi connectivity index (χ3v) is 2.57. The first-order chi connectivity index (χ1) is 7.77. The Balaban J connectivity index is 2.98. The molecule has 0 aliphatic carbocycles. The smallest absolute Gasteiger partial charge is 0.303 e. The van der Waals surface area contributed by atoms with Crippen molar-refractivity contribution in [2.75, 3.05) is 0 Å². The van der Waals surface area contributed by atoms with E-state index in [1.807, 2.05) is 0 Å². The number of unbranched alkanes of at least 4 members (excludes halogenated alkanes) is 8. The van der Waals surface area contributed by atoms with Gasteiger partial charge in [0.1, 0.15) is 5.94 Å². The number of allylic oxidation sites excluding steroid dienone is 1. The third kappa shape index (κ3) is 12.9. The summed E-state index contributed by atoms with van der Waals surface area (Å²) >= 11 is 0. The minimum Gasteiger partial charge on any atom is -0.481 e. The Hall–Kier alpha value is -1.08. The van der Waals surface area contributed by atoms with Crippen LogP contribution in [-0.2, 0) is 9.59 Å². The molecule has 16 heavy (non-hydrogen) atoms. The van der Waals surface area contributed by atoms with E-state index in [-0.39, 0.29) is 0 Å². The highest BCUT2D eigenvalue weighted by Crippen LogP contribution is 2.10. The van der Waals surface area contributed by atoms with Crippen LogP contribution in [-0.4, -0.2) is 17.0 Å². The zero-order chi connectivity index (χ0) is 12.1. The molecule has 92 valence electrons. The van der Waals surface area contributed by atoms with Crippen molar-refractivity contribution in [3.8, 4) is 0 Å². The van der Waals surface area contributed by atoms with Gasteiger partial charge in [0.15, 0.2) is 0 Å². The number of hydrogen-bond acceptors (Lipinski definition) is 2. The highest BCUT2D eigenvalue weighted by Gasteiger charge is 1.96. The molecule has 0 heterocycles. The minimum absolute atomic E-state index is 0.304. The van der Waals surface area contributed by atoms with Gasteiger partial charge < -0.3 is 5.11 Å². The number of aliphatic carboxylic acids is 1. The van der Waals surface area contributed by atoms with Gasteiger partial charge in [-0.3, -0.25) is 4.79 Å². The monoisotopic (exact) mass is 226 g/mol. The van der Waals surface area contributed by atoms with Crippen molar-refractivity contribution in [1.29, 1.82) is 0 Å². The summed E-state index contributed by atoms with van der Waals surface area (Å²) < 4.78 is 0. The highest BCUT2D eigenvalue weighted by molar-refractivity contribution is 5.66. The number of rotatable bonds is 11. The zero-order valence-electron chi connectivity index (χ0n) is 9.91. The number of carboxylic acid groups (broad SMARTS) is 1. The summed E-state index contributed by atoms with van der Waals surface area (Å²) in [7, 11) is 0. The molecule has 0 unspecified atom stereocenters. The van der Waals surface area contributed by atoms with E-state index >= 15 is 0 Å². The molecule has 0 aromatic heterocycles. The van der Waals surface area contributed by atoms with Crippen LogP contribution in [0.15, 0.2) is 6.08 Å². The summed E-state index contributed by atoms with van der Waals surface area (Å²) in [6, 6.07) is 0. The van der Waals surface area contributed by atoms with Crippen molar-refractivity contribution in [3.63, 3.8) is 0 Å². The highest BCUT2D eigenvalue weighted by atomic mass is 16.4. The van der Waals surface area contributed by atoms with Gasteiger partial charge in [-0.05, 0) is 25.3 Å². The van der Waals surface area contributed by atoms with E-state index in [1.54, 1.807) is 12.0 Å². The summed E-state index contributed by atoms with van der Waals surface area (Å²) in [4.78, 5) is 20.1. The molecule has 3 heteroatoms. The van der Waals surface area contributed by atoms with Gasteiger partial charge in [0.25, 0.3) is 0 Å². The van der Waals surface area contributed by atoms with Gasteiger partial charge in [-0.1, -0.05) is 38.5 Å². The van der Waals surface area contributed by atoms with Crippen LogP contribution in [0, 0.1) is 0 Å². The van der Waals surface area contributed by atoms with E-state index in [0.29, 0.717) is 6.42 Å². The number of carbonyl (C=O) groups is 1. The largest absolute Gasteiger partial charge is 0.481 e. The normalized spacial score (nSPS) is 9.75. The average Bonchev–Trinajstić information content (AvgIpc) is 2.25. The van der Waals surface area contributed by atoms with Crippen LogP contribution in [0.2, 0.25) is 0 Å². The Bertz CT molecular complexity index is 207. The molecule has 0 aromatic carbocycles. The SMILES string of the molecule is O=C=CCCCCCCCCCCC(=O)O. The molecule has 0 fully saturated rings. The number of hydrogen-bond donors (Lipinski definition) is 1. The Kier molecular flexibility index (Phi) is 11.2. The van der Waals surface area contributed by atoms with Gasteiger partial charge in [0.2, 0.25) is 0 Å². The topological polar surface area (TPSA) is 54.4 Å². The molecule has 0 aromatic rings. The lowest BCUT2D eigenvalue weighted by atomic mass is 10.1. The molecule has 0 amide bonds. The second-order valence-corrected chi connectivity index (χ2v) is 4.08. The van der Waals surface area contributed by atoms with Crippen molar-refractivity contribution in [1.82, 2.24) is 0 Å². The molecule has 0 saturated heterocycles. The van der Waals surface area contributed by atoms with Crippen LogP contribution < -0.4 is 0 Å². The first kappa shape index (κ1) is 14.9. The van der Waals surface area contributed by atoms with E-state index < -0.39 is 5.97 Å². The molecule has 3 nitrogen and oxygen atoms in total. The van der Waals surface area contributed by atoms with Crippen molar-refractivity contribution >= 4 is 11.9 Å². The fourth-order valence-electron chi connectivity index (χ4n) is 1.64. The lowest BCUT2D eigenvalue weighted by molar-refractivity contribution is -0.137. The van der Waals surface area contributed by atoms with Gasteiger partial charge in [0.05, 0.1) is 0 Å². The first-order valence-electron chi connectivity index (χ1n) is 6.18. The van der Waals surface area contributed by atoms with E-state index in [1.165, 1.54) is 25.7 Å². The Labute approximate surface area is 97.5 Å². The van der Waals surface area contributed by atoms with E-state index in [0.717, 1.165) is 32.1 Å². The summed E-state index contributed by atoms with van der Waals surface area (Å²) in [6.45, 7) is 0. The van der Waals surface area contributed by atoms with Crippen LogP contribution >= 0.6 is 0 Å². The fourth-order valence-corrected chi connectivity index (χ4v) is 1.64. The summed E-state index contributed by atoms with van der Waals surface area (Å²) in [5, 5.41) is 8.43. The van der Waals surface area contributed by atoms with Crippen LogP contribution in [0.3, 0.4) is 0 Å². The first-order valence-corrected chi connectivity index (χ1v) is 6.18.